The summed E-state index contributed by atoms with van der Waals surface area (Å²) in [5.74, 6) is 1.15. The molecule has 0 bridgehead atoms. The maximum Gasteiger partial charge on any atom is 0.389 e. The van der Waals surface area contributed by atoms with Crippen molar-refractivity contribution in [3.63, 3.8) is 0 Å². The summed E-state index contributed by atoms with van der Waals surface area (Å²) in [6, 6.07) is 1.63. The molecule has 0 saturated carbocycles. The smallest absolute Gasteiger partial charge is 0.370 e. The van der Waals surface area contributed by atoms with Gasteiger partial charge in [-0.1, -0.05) is 0 Å². The Kier molecular flexibility index (Phi) is 3.88. The molecule has 0 spiro atoms. The quantitative estimate of drug-likeness (QED) is 0.791. The topological polar surface area (TPSA) is 37.8 Å². The highest BCUT2D eigenvalue weighted by atomic mass is 19.4. The number of nitrogens with one attached hydrogen (secondary N) is 1. The molecule has 0 aliphatic heterocycles. The summed E-state index contributed by atoms with van der Waals surface area (Å²) < 4.78 is 35.4. The van der Waals surface area contributed by atoms with Gasteiger partial charge in [0.15, 0.2) is 0 Å². The Hall–Kier alpha value is -1.33. The zero-order valence-electron chi connectivity index (χ0n) is 8.30. The molecule has 1 rings (SSSR count). The van der Waals surface area contributed by atoms with Crippen LogP contribution in [0.1, 0.15) is 18.7 Å². The maximum atomic E-state index is 11.8. The summed E-state index contributed by atoms with van der Waals surface area (Å²) in [6.07, 6.45) is -3.24. The average molecular weight is 219 g/mol. The molecule has 6 heteroatoms. The Morgan fingerprint density at radius 2 is 2.13 bits per heavy atom. The van der Waals surface area contributed by atoms with E-state index in [0.717, 1.165) is 0 Å². The van der Waals surface area contributed by atoms with Crippen molar-refractivity contribution in [3.05, 3.63) is 18.1 Å². The van der Waals surface area contributed by atoms with Crippen molar-refractivity contribution < 1.29 is 13.2 Å². The van der Waals surface area contributed by atoms with Crippen LogP contribution in [0.25, 0.3) is 0 Å². The molecule has 0 amide bonds. The largest absolute Gasteiger partial charge is 0.389 e. The van der Waals surface area contributed by atoms with Gasteiger partial charge in [-0.2, -0.15) is 13.2 Å². The molecule has 3 nitrogen and oxygen atoms in total. The lowest BCUT2D eigenvalue weighted by molar-refractivity contribution is -0.134. The fourth-order valence-corrected chi connectivity index (χ4v) is 1.06. The van der Waals surface area contributed by atoms with E-state index in [1.54, 1.807) is 19.2 Å². The van der Waals surface area contributed by atoms with E-state index in [-0.39, 0.29) is 13.0 Å². The number of hydrogen-bond donors (Lipinski definition) is 1. The molecule has 1 aromatic heterocycles. The van der Waals surface area contributed by atoms with Crippen LogP contribution in [0, 0.1) is 6.92 Å². The van der Waals surface area contributed by atoms with Crippen LogP contribution in [0.2, 0.25) is 0 Å². The lowest BCUT2D eigenvalue weighted by atomic mass is 10.3. The highest BCUT2D eigenvalue weighted by molar-refractivity contribution is 5.32. The molecule has 84 valence electrons. The van der Waals surface area contributed by atoms with Crippen LogP contribution in [-0.4, -0.2) is 22.7 Å². The van der Waals surface area contributed by atoms with Gasteiger partial charge in [0.2, 0.25) is 0 Å². The van der Waals surface area contributed by atoms with E-state index in [4.69, 9.17) is 0 Å². The molecule has 1 aromatic rings. The van der Waals surface area contributed by atoms with Crippen LogP contribution in [0.15, 0.2) is 12.3 Å². The molecule has 1 heterocycles. The predicted molar refractivity (Wildman–Crippen MR) is 50.5 cm³/mol. The Bertz CT molecular complexity index is 312. The molecule has 0 fully saturated rings. The second-order valence-corrected chi connectivity index (χ2v) is 3.13. The van der Waals surface area contributed by atoms with E-state index in [0.29, 0.717) is 11.6 Å². The summed E-state index contributed by atoms with van der Waals surface area (Å²) in [6.45, 7) is 1.98. The first-order valence-electron chi connectivity index (χ1n) is 4.58. The van der Waals surface area contributed by atoms with Crippen LogP contribution in [0.5, 0.6) is 0 Å². The van der Waals surface area contributed by atoms with Crippen molar-refractivity contribution >= 4 is 5.82 Å². The van der Waals surface area contributed by atoms with Crippen LogP contribution >= 0.6 is 0 Å². The number of anilines is 1. The number of alkyl halides is 3. The third-order valence-electron chi connectivity index (χ3n) is 1.72. The van der Waals surface area contributed by atoms with Gasteiger partial charge in [0, 0.05) is 19.2 Å². The second-order valence-electron chi connectivity index (χ2n) is 3.13. The Labute approximate surface area is 85.7 Å². The molecular weight excluding hydrogens is 207 g/mol. The zero-order chi connectivity index (χ0) is 11.3. The fourth-order valence-electron chi connectivity index (χ4n) is 1.06. The van der Waals surface area contributed by atoms with Crippen molar-refractivity contribution in [3.8, 4) is 0 Å². The first-order valence-corrected chi connectivity index (χ1v) is 4.58. The average Bonchev–Trinajstić information content (AvgIpc) is 2.11. The summed E-state index contributed by atoms with van der Waals surface area (Å²) in [5.41, 5.74) is 0. The summed E-state index contributed by atoms with van der Waals surface area (Å²) in [7, 11) is 0. The van der Waals surface area contributed by atoms with Gasteiger partial charge in [0.25, 0.3) is 0 Å². The molecule has 0 unspecified atom stereocenters. The molecule has 0 aliphatic rings. The van der Waals surface area contributed by atoms with E-state index >= 15 is 0 Å². The minimum atomic E-state index is -4.08. The maximum absolute atomic E-state index is 11.8. The zero-order valence-corrected chi connectivity index (χ0v) is 8.30. The van der Waals surface area contributed by atoms with E-state index in [1.165, 1.54) is 0 Å². The first kappa shape index (κ1) is 11.7. The van der Waals surface area contributed by atoms with Gasteiger partial charge >= 0.3 is 6.18 Å². The SMILES string of the molecule is Cc1nccc(NCCCC(F)(F)F)n1. The number of aromatic nitrogens is 2. The van der Waals surface area contributed by atoms with Crippen LogP contribution in [0.4, 0.5) is 19.0 Å². The van der Waals surface area contributed by atoms with E-state index in [9.17, 15) is 13.2 Å². The van der Waals surface area contributed by atoms with Crippen LogP contribution in [0.3, 0.4) is 0 Å². The monoisotopic (exact) mass is 219 g/mol. The van der Waals surface area contributed by atoms with Gasteiger partial charge in [-0.3, -0.25) is 0 Å². The molecule has 0 atom stereocenters. The Balaban J connectivity index is 2.26. The van der Waals surface area contributed by atoms with E-state index < -0.39 is 12.6 Å². The number of hydrogen-bond acceptors (Lipinski definition) is 3. The van der Waals surface area contributed by atoms with Crippen molar-refractivity contribution in [2.24, 2.45) is 0 Å². The third kappa shape index (κ3) is 5.19. The molecule has 15 heavy (non-hydrogen) atoms. The number of nitrogens with zero attached hydrogens (tertiary/aromatic N) is 2. The van der Waals surface area contributed by atoms with Crippen molar-refractivity contribution in [2.45, 2.75) is 25.9 Å². The minimum absolute atomic E-state index is 0.0482. The molecule has 0 saturated heterocycles. The first-order chi connectivity index (χ1) is 6.97. The normalized spacial score (nSPS) is 11.5. The van der Waals surface area contributed by atoms with Gasteiger partial charge in [-0.15, -0.1) is 0 Å². The lowest BCUT2D eigenvalue weighted by Crippen LogP contribution is -2.11. The van der Waals surface area contributed by atoms with Crippen molar-refractivity contribution in [1.82, 2.24) is 9.97 Å². The van der Waals surface area contributed by atoms with Gasteiger partial charge in [-0.05, 0) is 19.4 Å². The van der Waals surface area contributed by atoms with Gasteiger partial charge in [0.1, 0.15) is 11.6 Å². The molecule has 0 aliphatic carbocycles. The van der Waals surface area contributed by atoms with E-state index in [1.807, 2.05) is 0 Å². The molecular formula is C9H12F3N3. The minimum Gasteiger partial charge on any atom is -0.370 e. The van der Waals surface area contributed by atoms with Crippen LogP contribution in [-0.2, 0) is 0 Å². The van der Waals surface area contributed by atoms with Gasteiger partial charge in [-0.25, -0.2) is 9.97 Å². The molecule has 0 radical (unpaired) electrons. The van der Waals surface area contributed by atoms with Crippen molar-refractivity contribution in [2.75, 3.05) is 11.9 Å². The second kappa shape index (κ2) is 4.95. The summed E-state index contributed by atoms with van der Waals surface area (Å²) >= 11 is 0. The molecule has 1 N–H and O–H groups in total. The standard InChI is InChI=1S/C9H12F3N3/c1-7-13-6-3-8(15-7)14-5-2-4-9(10,11)12/h3,6H,2,4-5H2,1H3,(H,13,14,15). The van der Waals surface area contributed by atoms with E-state index in [2.05, 4.69) is 15.3 Å². The predicted octanol–water partition coefficient (Wildman–Crippen LogP) is 2.54. The number of aryl methyl sites for hydroxylation is 1. The third-order valence-corrected chi connectivity index (χ3v) is 1.72. The van der Waals surface area contributed by atoms with Crippen molar-refractivity contribution in [1.29, 1.82) is 0 Å². The fraction of sp³-hybridized carbons (Fsp3) is 0.556. The highest BCUT2D eigenvalue weighted by Gasteiger charge is 2.25. The summed E-state index contributed by atoms with van der Waals surface area (Å²) in [4.78, 5) is 7.88. The van der Waals surface area contributed by atoms with Crippen LogP contribution < -0.4 is 5.32 Å². The highest BCUT2D eigenvalue weighted by Crippen LogP contribution is 2.20. The summed E-state index contributed by atoms with van der Waals surface area (Å²) in [5, 5.41) is 2.81. The lowest BCUT2D eigenvalue weighted by Gasteiger charge is -2.07. The number of halogens is 3. The van der Waals surface area contributed by atoms with Gasteiger partial charge < -0.3 is 5.32 Å². The van der Waals surface area contributed by atoms with Gasteiger partial charge in [0.05, 0.1) is 0 Å². The Morgan fingerprint density at radius 3 is 2.73 bits per heavy atom. The Morgan fingerprint density at radius 1 is 1.40 bits per heavy atom. The molecule has 0 aromatic carbocycles. The number of rotatable bonds is 4.